The zero-order chi connectivity index (χ0) is 20.6. The molecule has 0 amide bonds. The lowest BCUT2D eigenvalue weighted by Gasteiger charge is -2.27. The summed E-state index contributed by atoms with van der Waals surface area (Å²) in [5, 5.41) is 19.8. The van der Waals surface area contributed by atoms with E-state index in [9.17, 15) is 5.11 Å². The summed E-state index contributed by atoms with van der Waals surface area (Å²) in [5.41, 5.74) is 3.76. The van der Waals surface area contributed by atoms with Crippen LogP contribution in [0.25, 0.3) is 11.1 Å². The maximum absolute atomic E-state index is 10.7. The Morgan fingerprint density at radius 3 is 2.48 bits per heavy atom. The Hall–Kier alpha value is -3.16. The molecule has 0 fully saturated rings. The van der Waals surface area contributed by atoms with Crippen molar-refractivity contribution in [1.82, 2.24) is 4.98 Å². The molecule has 2 atom stereocenters. The van der Waals surface area contributed by atoms with Gasteiger partial charge in [0.1, 0.15) is 11.9 Å². The van der Waals surface area contributed by atoms with Gasteiger partial charge in [-0.25, -0.2) is 0 Å². The van der Waals surface area contributed by atoms with Gasteiger partial charge in [0.15, 0.2) is 0 Å². The summed E-state index contributed by atoms with van der Waals surface area (Å²) in [4.78, 5) is 4.12. The molecule has 1 aromatic heterocycles. The molecule has 0 aliphatic carbocycles. The molecule has 0 aliphatic heterocycles. The van der Waals surface area contributed by atoms with Gasteiger partial charge in [0.05, 0.1) is 17.7 Å². The smallest absolute Gasteiger partial charge is 0.127 e. The summed E-state index contributed by atoms with van der Waals surface area (Å²) in [7, 11) is 0. The molecule has 0 bridgehead atoms. The van der Waals surface area contributed by atoms with E-state index in [2.05, 4.69) is 24.9 Å². The van der Waals surface area contributed by atoms with Gasteiger partial charge in [0.25, 0.3) is 0 Å². The van der Waals surface area contributed by atoms with Crippen LogP contribution in [0.1, 0.15) is 31.4 Å². The fraction of sp³-hybridized carbons (Fsp3) is 0.280. The minimum absolute atomic E-state index is 0.172. The Morgan fingerprint density at radius 1 is 1.03 bits per heavy atom. The lowest BCUT2D eigenvalue weighted by molar-refractivity contribution is 0.00486. The van der Waals surface area contributed by atoms with Gasteiger partial charge in [-0.1, -0.05) is 44.2 Å². The van der Waals surface area contributed by atoms with Crippen molar-refractivity contribution in [3.8, 4) is 22.9 Å². The molecule has 0 saturated heterocycles. The summed E-state index contributed by atoms with van der Waals surface area (Å²) in [6, 6.07) is 21.4. The largest absolute Gasteiger partial charge is 0.487 e. The normalized spacial score (nSPS) is 12.9. The highest BCUT2D eigenvalue weighted by molar-refractivity contribution is 5.65. The van der Waals surface area contributed by atoms with Crippen LogP contribution < -0.4 is 4.74 Å². The van der Waals surface area contributed by atoms with Crippen LogP contribution in [0.15, 0.2) is 73.1 Å². The van der Waals surface area contributed by atoms with Crippen molar-refractivity contribution in [2.75, 3.05) is 0 Å². The van der Waals surface area contributed by atoms with Crippen LogP contribution in [-0.4, -0.2) is 22.3 Å². The second kappa shape index (κ2) is 9.86. The van der Waals surface area contributed by atoms with Crippen molar-refractivity contribution in [2.45, 2.75) is 38.9 Å². The van der Waals surface area contributed by atoms with Gasteiger partial charge in [-0.3, -0.25) is 4.98 Å². The highest BCUT2D eigenvalue weighted by Crippen LogP contribution is 2.26. The molecule has 0 aliphatic rings. The predicted octanol–water partition coefficient (Wildman–Crippen LogP) is 5.02. The minimum Gasteiger partial charge on any atom is -0.487 e. The topological polar surface area (TPSA) is 66.1 Å². The van der Waals surface area contributed by atoms with Gasteiger partial charge in [0.2, 0.25) is 0 Å². The second-order valence-corrected chi connectivity index (χ2v) is 7.51. The lowest BCUT2D eigenvalue weighted by atomic mass is 9.96. The Bertz CT molecular complexity index is 947. The Morgan fingerprint density at radius 2 is 1.83 bits per heavy atom. The van der Waals surface area contributed by atoms with Gasteiger partial charge < -0.3 is 9.84 Å². The summed E-state index contributed by atoms with van der Waals surface area (Å²) in [6.07, 6.45) is 4.10. The van der Waals surface area contributed by atoms with Gasteiger partial charge in [-0.15, -0.1) is 0 Å². The fourth-order valence-corrected chi connectivity index (χ4v) is 3.34. The highest BCUT2D eigenvalue weighted by Gasteiger charge is 2.24. The van der Waals surface area contributed by atoms with Crippen LogP contribution in [0.2, 0.25) is 0 Å². The van der Waals surface area contributed by atoms with Crippen molar-refractivity contribution in [3.05, 3.63) is 84.2 Å². The predicted molar refractivity (Wildman–Crippen MR) is 114 cm³/mol. The summed E-state index contributed by atoms with van der Waals surface area (Å²) in [6.45, 7) is 4.11. The van der Waals surface area contributed by atoms with E-state index < -0.39 is 6.10 Å². The molecule has 0 radical (unpaired) electrons. The molecular weight excluding hydrogens is 360 g/mol. The van der Waals surface area contributed by atoms with Crippen molar-refractivity contribution in [2.24, 2.45) is 5.92 Å². The summed E-state index contributed by atoms with van der Waals surface area (Å²) in [5.74, 6) is 0.898. The number of aliphatic hydroxyl groups excluding tert-OH is 1. The first-order valence-electron chi connectivity index (χ1n) is 9.91. The third kappa shape index (κ3) is 5.66. The van der Waals surface area contributed by atoms with E-state index in [1.165, 1.54) is 0 Å². The van der Waals surface area contributed by atoms with Gasteiger partial charge >= 0.3 is 0 Å². The number of pyridine rings is 1. The van der Waals surface area contributed by atoms with E-state index >= 15 is 0 Å². The van der Waals surface area contributed by atoms with Crippen molar-refractivity contribution in [3.63, 3.8) is 0 Å². The molecule has 148 valence electrons. The second-order valence-electron chi connectivity index (χ2n) is 7.51. The molecule has 0 spiro atoms. The van der Waals surface area contributed by atoms with Crippen LogP contribution in [0.4, 0.5) is 0 Å². The number of rotatable bonds is 8. The number of nitrogens with zero attached hydrogens (tertiary/aromatic N) is 2. The number of ether oxygens (including phenoxy) is 1. The molecule has 0 unspecified atom stereocenters. The number of aryl methyl sites for hydroxylation is 1. The Labute approximate surface area is 172 Å². The fourth-order valence-electron chi connectivity index (χ4n) is 3.34. The van der Waals surface area contributed by atoms with E-state index in [0.717, 1.165) is 28.9 Å². The summed E-state index contributed by atoms with van der Waals surface area (Å²) >= 11 is 0. The average Bonchev–Trinajstić information content (AvgIpc) is 2.76. The highest BCUT2D eigenvalue weighted by atomic mass is 16.5. The number of hydrogen-bond donors (Lipinski definition) is 1. The van der Waals surface area contributed by atoms with E-state index in [0.29, 0.717) is 12.0 Å². The molecule has 0 saturated carbocycles. The first kappa shape index (κ1) is 20.6. The van der Waals surface area contributed by atoms with Gasteiger partial charge in [-0.05, 0) is 65.8 Å². The zero-order valence-corrected chi connectivity index (χ0v) is 16.8. The van der Waals surface area contributed by atoms with Crippen molar-refractivity contribution in [1.29, 1.82) is 5.26 Å². The van der Waals surface area contributed by atoms with Crippen LogP contribution in [0.3, 0.4) is 0 Å². The van der Waals surface area contributed by atoms with E-state index in [1.54, 1.807) is 12.3 Å². The lowest BCUT2D eigenvalue weighted by Crippen LogP contribution is -2.36. The van der Waals surface area contributed by atoms with E-state index in [1.807, 2.05) is 60.8 Å². The standard InChI is InChI=1S/C25H26N2O2/c1-18(2)25(24(28)13-8-19-6-4-14-27-17-19)29-23-11-9-21(10-12-23)22-7-3-5-20(15-22)16-26/h3-7,9-12,14-15,17-18,24-25,28H,8,13H2,1-2H3/t24-,25+/m1/s1. The third-order valence-electron chi connectivity index (χ3n) is 4.94. The number of nitriles is 1. The zero-order valence-electron chi connectivity index (χ0n) is 16.8. The van der Waals surface area contributed by atoms with Crippen LogP contribution in [0.5, 0.6) is 5.75 Å². The van der Waals surface area contributed by atoms with Gasteiger partial charge in [0, 0.05) is 12.4 Å². The maximum Gasteiger partial charge on any atom is 0.127 e. The van der Waals surface area contributed by atoms with Crippen LogP contribution in [-0.2, 0) is 6.42 Å². The molecule has 3 aromatic rings. The van der Waals surface area contributed by atoms with Crippen LogP contribution >= 0.6 is 0 Å². The SMILES string of the molecule is CC(C)[C@H](Oc1ccc(-c2cccc(C#N)c2)cc1)[C@H](O)CCc1cccnc1. The Kier molecular flexibility index (Phi) is 6.99. The van der Waals surface area contributed by atoms with E-state index in [4.69, 9.17) is 10.00 Å². The number of aromatic nitrogens is 1. The third-order valence-corrected chi connectivity index (χ3v) is 4.94. The average molecular weight is 386 g/mol. The molecule has 1 N–H and O–H groups in total. The molecule has 2 aromatic carbocycles. The molecule has 29 heavy (non-hydrogen) atoms. The first-order valence-corrected chi connectivity index (χ1v) is 9.91. The van der Waals surface area contributed by atoms with E-state index in [-0.39, 0.29) is 12.0 Å². The van der Waals surface area contributed by atoms with Crippen molar-refractivity contribution < 1.29 is 9.84 Å². The first-order chi connectivity index (χ1) is 14.1. The molecule has 4 nitrogen and oxygen atoms in total. The number of hydrogen-bond acceptors (Lipinski definition) is 4. The Balaban J connectivity index is 1.66. The molecule has 4 heteroatoms. The minimum atomic E-state index is -0.567. The molecule has 3 rings (SSSR count). The van der Waals surface area contributed by atoms with Gasteiger partial charge in [-0.2, -0.15) is 5.26 Å². The number of aliphatic hydroxyl groups is 1. The molecule has 1 heterocycles. The summed E-state index contributed by atoms with van der Waals surface area (Å²) < 4.78 is 6.14. The monoisotopic (exact) mass is 386 g/mol. The number of benzene rings is 2. The quantitative estimate of drug-likeness (QED) is 0.590. The maximum atomic E-state index is 10.7. The van der Waals surface area contributed by atoms with Crippen molar-refractivity contribution >= 4 is 0 Å². The van der Waals surface area contributed by atoms with Crippen LogP contribution in [0, 0.1) is 17.2 Å². The molecular formula is C25H26N2O2.